The molecular weight excluding hydrogens is 254 g/mol. The summed E-state index contributed by atoms with van der Waals surface area (Å²) >= 11 is 0. The first-order valence-electron chi connectivity index (χ1n) is 6.40. The standard InChI is InChI=1S/C14H15N5O/c1-3-20-12-6-4-5-11(7-12)19-9-13(16-17-19)14-8-15-10-18(14)2/h4-10H,3H2,1-2H3. The lowest BCUT2D eigenvalue weighted by Gasteiger charge is -2.05. The van der Waals surface area contributed by atoms with Gasteiger partial charge in [0.05, 0.1) is 36.7 Å². The Hall–Kier alpha value is -2.63. The number of imidazole rings is 1. The zero-order valence-electron chi connectivity index (χ0n) is 11.4. The van der Waals surface area contributed by atoms with Crippen LogP contribution in [0.25, 0.3) is 17.1 Å². The second kappa shape index (κ2) is 5.16. The largest absolute Gasteiger partial charge is 0.494 e. The molecule has 2 heterocycles. The van der Waals surface area contributed by atoms with Crippen molar-refractivity contribution in [1.29, 1.82) is 0 Å². The van der Waals surface area contributed by atoms with Crippen molar-refractivity contribution < 1.29 is 4.74 Å². The molecule has 0 aliphatic carbocycles. The van der Waals surface area contributed by atoms with Crippen LogP contribution >= 0.6 is 0 Å². The highest BCUT2D eigenvalue weighted by atomic mass is 16.5. The van der Waals surface area contributed by atoms with Crippen LogP contribution in [0.3, 0.4) is 0 Å². The van der Waals surface area contributed by atoms with Gasteiger partial charge in [0, 0.05) is 13.1 Å². The molecular formula is C14H15N5O. The average molecular weight is 269 g/mol. The maximum atomic E-state index is 5.49. The molecule has 3 aromatic rings. The lowest BCUT2D eigenvalue weighted by atomic mass is 10.3. The summed E-state index contributed by atoms with van der Waals surface area (Å²) in [5, 5.41) is 8.34. The van der Waals surface area contributed by atoms with Crippen molar-refractivity contribution in [2.75, 3.05) is 6.61 Å². The van der Waals surface area contributed by atoms with E-state index in [-0.39, 0.29) is 0 Å². The van der Waals surface area contributed by atoms with E-state index < -0.39 is 0 Å². The number of aromatic nitrogens is 5. The third kappa shape index (κ3) is 2.27. The van der Waals surface area contributed by atoms with Gasteiger partial charge in [0.15, 0.2) is 0 Å². The monoisotopic (exact) mass is 269 g/mol. The van der Waals surface area contributed by atoms with Gasteiger partial charge < -0.3 is 9.30 Å². The highest BCUT2D eigenvalue weighted by molar-refractivity contribution is 5.52. The topological polar surface area (TPSA) is 57.8 Å². The summed E-state index contributed by atoms with van der Waals surface area (Å²) in [6.45, 7) is 2.60. The molecule has 0 fully saturated rings. The van der Waals surface area contributed by atoms with Crippen LogP contribution in [0, 0.1) is 0 Å². The third-order valence-electron chi connectivity index (χ3n) is 2.97. The summed E-state index contributed by atoms with van der Waals surface area (Å²) < 4.78 is 9.13. The van der Waals surface area contributed by atoms with Gasteiger partial charge in [0.1, 0.15) is 11.4 Å². The first kappa shape index (κ1) is 12.4. The molecule has 20 heavy (non-hydrogen) atoms. The van der Waals surface area contributed by atoms with Gasteiger partial charge in [0.25, 0.3) is 0 Å². The molecule has 102 valence electrons. The predicted molar refractivity (Wildman–Crippen MR) is 74.7 cm³/mol. The van der Waals surface area contributed by atoms with Crippen LogP contribution in [0.15, 0.2) is 43.0 Å². The second-order valence-electron chi connectivity index (χ2n) is 4.37. The van der Waals surface area contributed by atoms with Crippen molar-refractivity contribution in [3.8, 4) is 22.8 Å². The van der Waals surface area contributed by atoms with E-state index in [1.54, 1.807) is 17.2 Å². The van der Waals surface area contributed by atoms with Crippen LogP contribution in [0.1, 0.15) is 6.92 Å². The molecule has 0 amide bonds. The van der Waals surface area contributed by atoms with Crippen molar-refractivity contribution in [3.63, 3.8) is 0 Å². The highest BCUT2D eigenvalue weighted by Crippen LogP contribution is 2.19. The van der Waals surface area contributed by atoms with E-state index in [2.05, 4.69) is 15.3 Å². The fraction of sp³-hybridized carbons (Fsp3) is 0.214. The van der Waals surface area contributed by atoms with Crippen LogP contribution in [-0.2, 0) is 7.05 Å². The summed E-state index contributed by atoms with van der Waals surface area (Å²) in [4.78, 5) is 4.08. The maximum Gasteiger partial charge on any atom is 0.131 e. The number of hydrogen-bond donors (Lipinski definition) is 0. The van der Waals surface area contributed by atoms with Gasteiger partial charge in [0.2, 0.25) is 0 Å². The number of hydrogen-bond acceptors (Lipinski definition) is 4. The van der Waals surface area contributed by atoms with Crippen molar-refractivity contribution >= 4 is 0 Å². The van der Waals surface area contributed by atoms with E-state index in [9.17, 15) is 0 Å². The van der Waals surface area contributed by atoms with Gasteiger partial charge in [-0.1, -0.05) is 11.3 Å². The summed E-state index contributed by atoms with van der Waals surface area (Å²) in [5.41, 5.74) is 2.63. The molecule has 0 N–H and O–H groups in total. The van der Waals surface area contributed by atoms with Crippen LogP contribution < -0.4 is 4.74 Å². The number of ether oxygens (including phenoxy) is 1. The molecule has 2 aromatic heterocycles. The van der Waals surface area contributed by atoms with Crippen molar-refractivity contribution in [3.05, 3.63) is 43.0 Å². The Morgan fingerprint density at radius 2 is 2.20 bits per heavy atom. The number of benzene rings is 1. The summed E-state index contributed by atoms with van der Waals surface area (Å²) in [5.74, 6) is 0.822. The van der Waals surface area contributed by atoms with Crippen LogP contribution in [0.5, 0.6) is 5.75 Å². The molecule has 0 bridgehead atoms. The second-order valence-corrected chi connectivity index (χ2v) is 4.37. The first-order chi connectivity index (χ1) is 9.78. The minimum Gasteiger partial charge on any atom is -0.494 e. The Morgan fingerprint density at radius 3 is 2.95 bits per heavy atom. The smallest absolute Gasteiger partial charge is 0.131 e. The average Bonchev–Trinajstić information content (AvgIpc) is 3.08. The van der Waals surface area contributed by atoms with E-state index in [4.69, 9.17) is 4.74 Å². The van der Waals surface area contributed by atoms with E-state index in [0.29, 0.717) is 6.61 Å². The number of rotatable bonds is 4. The minimum absolute atomic E-state index is 0.640. The molecule has 0 unspecified atom stereocenters. The molecule has 0 radical (unpaired) electrons. The van der Waals surface area contributed by atoms with Crippen LogP contribution in [-0.4, -0.2) is 31.2 Å². The molecule has 0 saturated carbocycles. The van der Waals surface area contributed by atoms with Crippen molar-refractivity contribution in [2.24, 2.45) is 7.05 Å². The SMILES string of the molecule is CCOc1cccc(-n2cc(-c3cncn3C)nn2)c1. The molecule has 0 saturated heterocycles. The highest BCUT2D eigenvalue weighted by Gasteiger charge is 2.08. The minimum atomic E-state index is 0.640. The summed E-state index contributed by atoms with van der Waals surface area (Å²) in [6.07, 6.45) is 5.39. The van der Waals surface area contributed by atoms with E-state index in [1.807, 2.05) is 49.0 Å². The van der Waals surface area contributed by atoms with E-state index in [0.717, 1.165) is 22.8 Å². The molecule has 0 atom stereocenters. The van der Waals surface area contributed by atoms with Crippen LogP contribution in [0.2, 0.25) is 0 Å². The molecule has 0 aliphatic rings. The lowest BCUT2D eigenvalue weighted by Crippen LogP contribution is -1.97. The third-order valence-corrected chi connectivity index (χ3v) is 2.97. The molecule has 3 rings (SSSR count). The first-order valence-corrected chi connectivity index (χ1v) is 6.40. The number of aryl methyl sites for hydroxylation is 1. The van der Waals surface area contributed by atoms with Gasteiger partial charge in [-0.15, -0.1) is 5.10 Å². The molecule has 6 heteroatoms. The van der Waals surface area contributed by atoms with Crippen molar-refractivity contribution in [1.82, 2.24) is 24.5 Å². The molecule has 0 spiro atoms. The Morgan fingerprint density at radius 1 is 1.30 bits per heavy atom. The summed E-state index contributed by atoms with van der Waals surface area (Å²) in [7, 11) is 1.93. The summed E-state index contributed by atoms with van der Waals surface area (Å²) in [6, 6.07) is 7.76. The van der Waals surface area contributed by atoms with Gasteiger partial charge >= 0.3 is 0 Å². The molecule has 6 nitrogen and oxygen atoms in total. The normalized spacial score (nSPS) is 10.7. The molecule has 1 aromatic carbocycles. The van der Waals surface area contributed by atoms with E-state index >= 15 is 0 Å². The Kier molecular flexibility index (Phi) is 3.20. The quantitative estimate of drug-likeness (QED) is 0.727. The van der Waals surface area contributed by atoms with Gasteiger partial charge in [-0.25, -0.2) is 9.67 Å². The van der Waals surface area contributed by atoms with Crippen LogP contribution in [0.4, 0.5) is 0 Å². The van der Waals surface area contributed by atoms with Crippen molar-refractivity contribution in [2.45, 2.75) is 6.92 Å². The van der Waals surface area contributed by atoms with E-state index in [1.165, 1.54) is 0 Å². The van der Waals surface area contributed by atoms with Gasteiger partial charge in [-0.05, 0) is 19.1 Å². The Labute approximate surface area is 116 Å². The maximum absolute atomic E-state index is 5.49. The zero-order valence-corrected chi connectivity index (χ0v) is 11.4. The fourth-order valence-corrected chi connectivity index (χ4v) is 1.99. The Balaban J connectivity index is 1.94. The Bertz CT molecular complexity index is 716. The van der Waals surface area contributed by atoms with Gasteiger partial charge in [-0.2, -0.15) is 0 Å². The zero-order chi connectivity index (χ0) is 13.9. The number of nitrogens with zero attached hydrogens (tertiary/aromatic N) is 5. The fourth-order valence-electron chi connectivity index (χ4n) is 1.99. The molecule has 0 aliphatic heterocycles. The van der Waals surface area contributed by atoms with Gasteiger partial charge in [-0.3, -0.25) is 0 Å². The lowest BCUT2D eigenvalue weighted by molar-refractivity contribution is 0.340. The predicted octanol–water partition coefficient (Wildman–Crippen LogP) is 2.07.